The highest BCUT2D eigenvalue weighted by molar-refractivity contribution is 5.94. The summed E-state index contributed by atoms with van der Waals surface area (Å²) in [6.45, 7) is 2.38. The molecule has 0 heterocycles. The lowest BCUT2D eigenvalue weighted by atomic mass is 10.1. The lowest BCUT2D eigenvalue weighted by Gasteiger charge is -2.08. The van der Waals surface area contributed by atoms with Crippen LogP contribution < -0.4 is 10.6 Å². The first-order chi connectivity index (χ1) is 11.1. The SMILES string of the molecule is COCc1ccc(C(=O)NCc2cccc(NC(C)=O)c2)cc1. The molecule has 5 heteroatoms. The summed E-state index contributed by atoms with van der Waals surface area (Å²) in [5, 5.41) is 5.58. The number of rotatable bonds is 6. The zero-order valence-electron chi connectivity index (χ0n) is 13.3. The first-order valence-corrected chi connectivity index (χ1v) is 7.31. The van der Waals surface area contributed by atoms with Crippen LogP contribution in [0.1, 0.15) is 28.4 Å². The third-order valence-electron chi connectivity index (χ3n) is 3.23. The van der Waals surface area contributed by atoms with Crippen LogP contribution >= 0.6 is 0 Å². The number of carbonyl (C=O) groups excluding carboxylic acids is 2. The van der Waals surface area contributed by atoms with Gasteiger partial charge in [0.1, 0.15) is 0 Å². The first-order valence-electron chi connectivity index (χ1n) is 7.31. The van der Waals surface area contributed by atoms with Gasteiger partial charge in [-0.3, -0.25) is 9.59 Å². The molecule has 0 aromatic heterocycles. The standard InChI is InChI=1S/C18H20N2O3/c1-13(21)20-17-5-3-4-15(10-17)11-19-18(22)16-8-6-14(7-9-16)12-23-2/h3-10H,11-12H2,1-2H3,(H,19,22)(H,20,21). The molecule has 0 radical (unpaired) electrons. The van der Waals surface area contributed by atoms with Crippen LogP contribution in [0.15, 0.2) is 48.5 Å². The second-order valence-electron chi connectivity index (χ2n) is 5.19. The Labute approximate surface area is 135 Å². The zero-order chi connectivity index (χ0) is 16.7. The fraction of sp³-hybridized carbons (Fsp3) is 0.222. The van der Waals surface area contributed by atoms with Crippen molar-refractivity contribution >= 4 is 17.5 Å². The molecule has 0 spiro atoms. The van der Waals surface area contributed by atoms with E-state index in [4.69, 9.17) is 4.74 Å². The van der Waals surface area contributed by atoms with Gasteiger partial charge in [0.05, 0.1) is 6.61 Å². The molecular formula is C18H20N2O3. The maximum Gasteiger partial charge on any atom is 0.251 e. The van der Waals surface area contributed by atoms with Crippen molar-refractivity contribution in [1.82, 2.24) is 5.32 Å². The smallest absolute Gasteiger partial charge is 0.251 e. The van der Waals surface area contributed by atoms with Gasteiger partial charge in [0, 0.05) is 31.8 Å². The van der Waals surface area contributed by atoms with Crippen molar-refractivity contribution in [3.63, 3.8) is 0 Å². The second-order valence-corrected chi connectivity index (χ2v) is 5.19. The van der Waals surface area contributed by atoms with E-state index in [0.29, 0.717) is 24.4 Å². The van der Waals surface area contributed by atoms with E-state index in [9.17, 15) is 9.59 Å². The molecule has 0 aliphatic rings. The van der Waals surface area contributed by atoms with Crippen LogP contribution in [0, 0.1) is 0 Å². The Balaban J connectivity index is 1.94. The van der Waals surface area contributed by atoms with Gasteiger partial charge in [-0.1, -0.05) is 24.3 Å². The molecular weight excluding hydrogens is 292 g/mol. The van der Waals surface area contributed by atoms with Gasteiger partial charge in [-0.2, -0.15) is 0 Å². The highest BCUT2D eigenvalue weighted by Gasteiger charge is 2.06. The predicted molar refractivity (Wildman–Crippen MR) is 89.1 cm³/mol. The Morgan fingerprint density at radius 2 is 1.78 bits per heavy atom. The van der Waals surface area contributed by atoms with Crippen molar-refractivity contribution in [1.29, 1.82) is 0 Å². The van der Waals surface area contributed by atoms with Gasteiger partial charge in [0.15, 0.2) is 0 Å². The molecule has 2 N–H and O–H groups in total. The summed E-state index contributed by atoms with van der Waals surface area (Å²) in [7, 11) is 1.63. The molecule has 2 aromatic carbocycles. The number of nitrogens with one attached hydrogen (secondary N) is 2. The third-order valence-corrected chi connectivity index (χ3v) is 3.23. The minimum Gasteiger partial charge on any atom is -0.380 e. The third kappa shape index (κ3) is 5.23. The summed E-state index contributed by atoms with van der Waals surface area (Å²) in [5.74, 6) is -0.263. The molecule has 0 fully saturated rings. The Morgan fingerprint density at radius 1 is 1.04 bits per heavy atom. The Morgan fingerprint density at radius 3 is 2.43 bits per heavy atom. The molecule has 120 valence electrons. The van der Waals surface area contributed by atoms with Crippen LogP contribution in [0.5, 0.6) is 0 Å². The highest BCUT2D eigenvalue weighted by Crippen LogP contribution is 2.11. The summed E-state index contributed by atoms with van der Waals surface area (Å²) in [4.78, 5) is 23.2. The number of carbonyl (C=O) groups is 2. The molecule has 0 aliphatic carbocycles. The highest BCUT2D eigenvalue weighted by atomic mass is 16.5. The van der Waals surface area contributed by atoms with E-state index < -0.39 is 0 Å². The zero-order valence-corrected chi connectivity index (χ0v) is 13.3. The fourth-order valence-electron chi connectivity index (χ4n) is 2.17. The lowest BCUT2D eigenvalue weighted by Crippen LogP contribution is -2.22. The minimum absolute atomic E-state index is 0.123. The van der Waals surface area contributed by atoms with E-state index in [1.807, 2.05) is 30.3 Å². The molecule has 0 atom stereocenters. The average molecular weight is 312 g/mol. The van der Waals surface area contributed by atoms with Crippen LogP contribution in [0.25, 0.3) is 0 Å². The largest absolute Gasteiger partial charge is 0.380 e. The summed E-state index contributed by atoms with van der Waals surface area (Å²) >= 11 is 0. The van der Waals surface area contributed by atoms with Crippen molar-refractivity contribution in [2.45, 2.75) is 20.1 Å². The molecule has 2 aromatic rings. The van der Waals surface area contributed by atoms with Crippen LogP contribution in [0.4, 0.5) is 5.69 Å². The van der Waals surface area contributed by atoms with E-state index in [0.717, 1.165) is 11.1 Å². The summed E-state index contributed by atoms with van der Waals surface area (Å²) in [6, 6.07) is 14.7. The van der Waals surface area contributed by atoms with Crippen molar-refractivity contribution in [2.75, 3.05) is 12.4 Å². The van der Waals surface area contributed by atoms with Crippen molar-refractivity contribution < 1.29 is 14.3 Å². The quantitative estimate of drug-likeness (QED) is 0.862. The van der Waals surface area contributed by atoms with E-state index in [1.165, 1.54) is 6.92 Å². The topological polar surface area (TPSA) is 67.4 Å². The predicted octanol–water partition coefficient (Wildman–Crippen LogP) is 2.72. The fourth-order valence-corrected chi connectivity index (χ4v) is 2.17. The van der Waals surface area contributed by atoms with Crippen LogP contribution in [0.3, 0.4) is 0 Å². The van der Waals surface area contributed by atoms with E-state index in [2.05, 4.69) is 10.6 Å². The van der Waals surface area contributed by atoms with Crippen molar-refractivity contribution in [2.24, 2.45) is 0 Å². The molecule has 2 rings (SSSR count). The number of amides is 2. The molecule has 2 amide bonds. The van der Waals surface area contributed by atoms with Gasteiger partial charge in [0.2, 0.25) is 5.91 Å². The number of benzene rings is 2. The molecule has 0 aliphatic heterocycles. The molecule has 0 bridgehead atoms. The Kier molecular flexibility index (Phi) is 5.88. The van der Waals surface area contributed by atoms with Crippen LogP contribution in [-0.2, 0) is 22.7 Å². The van der Waals surface area contributed by atoms with Gasteiger partial charge in [-0.25, -0.2) is 0 Å². The number of anilines is 1. The van der Waals surface area contributed by atoms with E-state index >= 15 is 0 Å². The lowest BCUT2D eigenvalue weighted by molar-refractivity contribution is -0.114. The first kappa shape index (κ1) is 16.7. The Bertz CT molecular complexity index is 681. The monoisotopic (exact) mass is 312 g/mol. The normalized spacial score (nSPS) is 10.2. The number of hydrogen-bond donors (Lipinski definition) is 2. The van der Waals surface area contributed by atoms with Gasteiger partial charge in [-0.15, -0.1) is 0 Å². The molecule has 0 saturated carbocycles. The van der Waals surface area contributed by atoms with Crippen LogP contribution in [-0.4, -0.2) is 18.9 Å². The van der Waals surface area contributed by atoms with Gasteiger partial charge < -0.3 is 15.4 Å². The van der Waals surface area contributed by atoms with Gasteiger partial charge in [0.25, 0.3) is 5.91 Å². The molecule has 5 nitrogen and oxygen atoms in total. The van der Waals surface area contributed by atoms with Crippen molar-refractivity contribution in [3.05, 3.63) is 65.2 Å². The van der Waals surface area contributed by atoms with Gasteiger partial charge in [-0.05, 0) is 35.4 Å². The summed E-state index contributed by atoms with van der Waals surface area (Å²) in [5.41, 5.74) is 3.25. The van der Waals surface area contributed by atoms with Crippen LogP contribution in [0.2, 0.25) is 0 Å². The molecule has 0 saturated heterocycles. The molecule has 23 heavy (non-hydrogen) atoms. The van der Waals surface area contributed by atoms with Gasteiger partial charge >= 0.3 is 0 Å². The number of ether oxygens (including phenoxy) is 1. The average Bonchev–Trinajstić information content (AvgIpc) is 2.53. The maximum atomic E-state index is 12.1. The number of methoxy groups -OCH3 is 1. The second kappa shape index (κ2) is 8.10. The van der Waals surface area contributed by atoms with E-state index in [1.54, 1.807) is 25.3 Å². The summed E-state index contributed by atoms with van der Waals surface area (Å²) in [6.07, 6.45) is 0. The van der Waals surface area contributed by atoms with Crippen molar-refractivity contribution in [3.8, 4) is 0 Å². The number of hydrogen-bond acceptors (Lipinski definition) is 3. The molecule has 0 unspecified atom stereocenters. The summed E-state index contributed by atoms with van der Waals surface area (Å²) < 4.78 is 5.04. The minimum atomic E-state index is -0.140. The van der Waals surface area contributed by atoms with E-state index in [-0.39, 0.29) is 11.8 Å². The Hall–Kier alpha value is -2.66. The maximum absolute atomic E-state index is 12.1.